The Morgan fingerprint density at radius 1 is 1.74 bits per heavy atom. The minimum atomic E-state index is -0.998. The van der Waals surface area contributed by atoms with E-state index in [-0.39, 0.29) is 6.61 Å². The number of nitrogens with zero attached hydrogens (tertiary/aromatic N) is 3. The normalized spacial score (nSPS) is 16.6. The van der Waals surface area contributed by atoms with Gasteiger partial charge in [0, 0.05) is 6.20 Å². The average molecular weight is 282 g/mol. The lowest BCUT2D eigenvalue weighted by molar-refractivity contribution is -0.150. The number of carboxylic acid groups (broad SMARTS) is 1. The molecule has 100 valence electrons. The van der Waals surface area contributed by atoms with Gasteiger partial charge < -0.3 is 14.7 Å². The molecule has 6 nitrogen and oxygen atoms in total. The summed E-state index contributed by atoms with van der Waals surface area (Å²) in [6, 6.07) is 3.54. The smallest absolute Gasteiger partial charge is 0.329 e. The van der Waals surface area contributed by atoms with Crippen LogP contribution in [0.25, 0.3) is 0 Å². The molecule has 2 rings (SSSR count). The van der Waals surface area contributed by atoms with Crippen molar-refractivity contribution < 1.29 is 14.6 Å². The molecule has 0 atom stereocenters. The zero-order valence-corrected chi connectivity index (χ0v) is 11.0. The number of halogens is 1. The molecule has 1 aromatic heterocycles. The molecule has 7 heteroatoms. The Labute approximate surface area is 115 Å². The Hall–Kier alpha value is -1.84. The van der Waals surface area contributed by atoms with E-state index in [0.29, 0.717) is 29.5 Å². The highest BCUT2D eigenvalue weighted by Gasteiger charge is 2.41. The number of carbonyl (C=O) groups is 1. The number of rotatable bonds is 4. The molecule has 1 aliphatic rings. The van der Waals surface area contributed by atoms with E-state index < -0.39 is 11.6 Å². The van der Waals surface area contributed by atoms with Crippen LogP contribution in [0.4, 0.5) is 5.82 Å². The molecule has 0 unspecified atom stereocenters. The van der Waals surface area contributed by atoms with Gasteiger partial charge in [0.15, 0.2) is 0 Å². The number of aliphatic carboxylic acids is 1. The Bertz CT molecular complexity index is 550. The number of aromatic nitrogens is 1. The van der Waals surface area contributed by atoms with Gasteiger partial charge in [-0.15, -0.1) is 0 Å². The first-order valence-corrected chi connectivity index (χ1v) is 5.98. The van der Waals surface area contributed by atoms with E-state index in [0.717, 1.165) is 0 Å². The first-order chi connectivity index (χ1) is 8.95. The van der Waals surface area contributed by atoms with Crippen LogP contribution in [0.1, 0.15) is 12.5 Å². The Morgan fingerprint density at radius 2 is 2.42 bits per heavy atom. The molecule has 2 heterocycles. The number of ether oxygens (including phenoxy) is 1. The van der Waals surface area contributed by atoms with Gasteiger partial charge in [0.05, 0.1) is 18.7 Å². The van der Waals surface area contributed by atoms with Crippen LogP contribution in [0.2, 0.25) is 5.02 Å². The second-order valence-corrected chi connectivity index (χ2v) is 4.97. The molecule has 1 fully saturated rings. The molecule has 0 amide bonds. The standard InChI is InChI=1S/C12H12ClN3O3/c1-12(19-5-9(17)18)6-16(7-12)11-10(13)8(4-14)2-3-15-11/h2-3H,5-7H2,1H3,(H,17,18). The first-order valence-electron chi connectivity index (χ1n) is 5.60. The highest BCUT2D eigenvalue weighted by Crippen LogP contribution is 2.34. The van der Waals surface area contributed by atoms with Crippen molar-refractivity contribution in [2.75, 3.05) is 24.6 Å². The van der Waals surface area contributed by atoms with Crippen molar-refractivity contribution in [1.82, 2.24) is 4.98 Å². The first kappa shape index (κ1) is 13.6. The molecule has 19 heavy (non-hydrogen) atoms. The number of nitriles is 1. The van der Waals surface area contributed by atoms with Crippen molar-refractivity contribution in [2.45, 2.75) is 12.5 Å². The second-order valence-electron chi connectivity index (χ2n) is 4.60. The van der Waals surface area contributed by atoms with Gasteiger partial charge in [-0.05, 0) is 13.0 Å². The zero-order valence-electron chi connectivity index (χ0n) is 10.3. The third-order valence-electron chi connectivity index (χ3n) is 2.89. The van der Waals surface area contributed by atoms with Gasteiger partial charge in [-0.25, -0.2) is 9.78 Å². The summed E-state index contributed by atoms with van der Waals surface area (Å²) in [4.78, 5) is 16.5. The van der Waals surface area contributed by atoms with E-state index >= 15 is 0 Å². The lowest BCUT2D eigenvalue weighted by Gasteiger charge is -2.48. The number of pyridine rings is 1. The summed E-state index contributed by atoms with van der Waals surface area (Å²) in [5.41, 5.74) is -0.154. The maximum absolute atomic E-state index is 10.5. The molecule has 1 N–H and O–H groups in total. The van der Waals surface area contributed by atoms with E-state index in [9.17, 15) is 4.79 Å². The third kappa shape index (κ3) is 2.78. The van der Waals surface area contributed by atoms with Crippen LogP contribution in [-0.4, -0.2) is 41.4 Å². The fraction of sp³-hybridized carbons (Fsp3) is 0.417. The minimum Gasteiger partial charge on any atom is -0.480 e. The van der Waals surface area contributed by atoms with Crippen LogP contribution in [0, 0.1) is 11.3 Å². The molecule has 0 spiro atoms. The van der Waals surface area contributed by atoms with Crippen molar-refractivity contribution in [3.05, 3.63) is 22.8 Å². The molecule has 1 aromatic rings. The van der Waals surface area contributed by atoms with Crippen molar-refractivity contribution in [1.29, 1.82) is 5.26 Å². The number of hydrogen-bond acceptors (Lipinski definition) is 5. The Balaban J connectivity index is 2.05. The van der Waals surface area contributed by atoms with Gasteiger partial charge in [0.2, 0.25) is 0 Å². The van der Waals surface area contributed by atoms with Crippen LogP contribution < -0.4 is 4.90 Å². The maximum Gasteiger partial charge on any atom is 0.329 e. The summed E-state index contributed by atoms with van der Waals surface area (Å²) < 4.78 is 5.30. The monoisotopic (exact) mass is 281 g/mol. The summed E-state index contributed by atoms with van der Waals surface area (Å²) in [5, 5.41) is 17.8. The van der Waals surface area contributed by atoms with Crippen molar-refractivity contribution in [2.24, 2.45) is 0 Å². The molecule has 0 bridgehead atoms. The highest BCUT2D eigenvalue weighted by molar-refractivity contribution is 6.34. The topological polar surface area (TPSA) is 86.5 Å². The summed E-state index contributed by atoms with van der Waals surface area (Å²) in [5.74, 6) is -0.473. The van der Waals surface area contributed by atoms with Crippen LogP contribution >= 0.6 is 11.6 Å². The molecule has 1 saturated heterocycles. The predicted octanol–water partition coefficient (Wildman–Crippen LogP) is 1.29. The second kappa shape index (κ2) is 5.03. The molecule has 0 aliphatic carbocycles. The zero-order chi connectivity index (χ0) is 14.0. The molecule has 1 aliphatic heterocycles. The summed E-state index contributed by atoms with van der Waals surface area (Å²) in [6.45, 7) is 2.47. The number of carboxylic acids is 1. The number of hydrogen-bond donors (Lipinski definition) is 1. The molecule has 0 radical (unpaired) electrons. The van der Waals surface area contributed by atoms with Crippen molar-refractivity contribution in [3.8, 4) is 6.07 Å². The fourth-order valence-electron chi connectivity index (χ4n) is 1.98. The Morgan fingerprint density at radius 3 is 3.00 bits per heavy atom. The molecular formula is C12H12ClN3O3. The van der Waals surface area contributed by atoms with Gasteiger partial charge in [-0.1, -0.05) is 11.6 Å². The van der Waals surface area contributed by atoms with Crippen molar-refractivity contribution >= 4 is 23.4 Å². The quantitative estimate of drug-likeness (QED) is 0.895. The van der Waals surface area contributed by atoms with Gasteiger partial charge in [0.25, 0.3) is 0 Å². The highest BCUT2D eigenvalue weighted by atomic mass is 35.5. The summed E-state index contributed by atoms with van der Waals surface area (Å²) in [6.07, 6.45) is 1.52. The predicted molar refractivity (Wildman–Crippen MR) is 68.2 cm³/mol. The lowest BCUT2D eigenvalue weighted by Crippen LogP contribution is -2.62. The van der Waals surface area contributed by atoms with Crippen LogP contribution in [0.5, 0.6) is 0 Å². The molecule has 0 aromatic carbocycles. The van der Waals surface area contributed by atoms with E-state index in [1.54, 1.807) is 6.07 Å². The summed E-state index contributed by atoms with van der Waals surface area (Å²) in [7, 11) is 0. The minimum absolute atomic E-state index is 0.310. The third-order valence-corrected chi connectivity index (χ3v) is 3.26. The van der Waals surface area contributed by atoms with Crippen LogP contribution in [0.3, 0.4) is 0 Å². The van der Waals surface area contributed by atoms with Crippen LogP contribution in [-0.2, 0) is 9.53 Å². The average Bonchev–Trinajstić information content (AvgIpc) is 2.33. The maximum atomic E-state index is 10.5. The molecule has 0 saturated carbocycles. The van der Waals surface area contributed by atoms with E-state index in [1.807, 2.05) is 17.9 Å². The van der Waals surface area contributed by atoms with E-state index in [1.165, 1.54) is 6.20 Å². The van der Waals surface area contributed by atoms with Gasteiger partial charge >= 0.3 is 5.97 Å². The molecular weight excluding hydrogens is 270 g/mol. The SMILES string of the molecule is CC1(OCC(=O)O)CN(c2nccc(C#N)c2Cl)C1. The Kier molecular flexibility index (Phi) is 3.60. The number of anilines is 1. The lowest BCUT2D eigenvalue weighted by atomic mass is 9.96. The summed E-state index contributed by atoms with van der Waals surface area (Å²) >= 11 is 6.08. The van der Waals surface area contributed by atoms with E-state index in [4.69, 9.17) is 26.7 Å². The van der Waals surface area contributed by atoms with Gasteiger partial charge in [-0.3, -0.25) is 0 Å². The van der Waals surface area contributed by atoms with E-state index in [2.05, 4.69) is 4.98 Å². The largest absolute Gasteiger partial charge is 0.480 e. The fourth-order valence-corrected chi connectivity index (χ4v) is 2.25. The van der Waals surface area contributed by atoms with Gasteiger partial charge in [0.1, 0.15) is 29.1 Å². The van der Waals surface area contributed by atoms with Crippen molar-refractivity contribution in [3.63, 3.8) is 0 Å². The van der Waals surface area contributed by atoms with Gasteiger partial charge in [-0.2, -0.15) is 5.26 Å². The van der Waals surface area contributed by atoms with Crippen LogP contribution in [0.15, 0.2) is 12.3 Å².